The lowest BCUT2D eigenvalue weighted by molar-refractivity contribution is 0.287. The number of hydrogen-bond donors (Lipinski definition) is 0. The highest BCUT2D eigenvalue weighted by Crippen LogP contribution is 2.41. The topological polar surface area (TPSA) is 36.9 Å². The predicted molar refractivity (Wildman–Crippen MR) is 64.3 cm³/mol. The van der Waals surface area contributed by atoms with E-state index in [-0.39, 0.29) is 0 Å². The van der Waals surface area contributed by atoms with Crippen molar-refractivity contribution in [3.05, 3.63) is 12.1 Å². The van der Waals surface area contributed by atoms with E-state index >= 15 is 0 Å². The summed E-state index contributed by atoms with van der Waals surface area (Å²) in [5.74, 6) is 3.31. The van der Waals surface area contributed by atoms with Crippen molar-refractivity contribution >= 4 is 0 Å². The van der Waals surface area contributed by atoms with Crippen molar-refractivity contribution in [3.63, 3.8) is 0 Å². The fraction of sp³-hybridized carbons (Fsp3) is 0.538. The third-order valence-electron chi connectivity index (χ3n) is 2.82. The molecule has 0 unspecified atom stereocenters. The van der Waals surface area contributed by atoms with Crippen LogP contribution in [0.2, 0.25) is 0 Å². The van der Waals surface area contributed by atoms with Crippen molar-refractivity contribution in [2.24, 2.45) is 5.92 Å². The Kier molecular flexibility index (Phi) is 3.61. The van der Waals surface area contributed by atoms with Crippen LogP contribution >= 0.6 is 0 Å². The quantitative estimate of drug-likeness (QED) is 0.763. The maximum atomic E-state index is 5.70. The van der Waals surface area contributed by atoms with E-state index in [2.05, 4.69) is 0 Å². The van der Waals surface area contributed by atoms with E-state index in [1.165, 1.54) is 12.8 Å². The molecule has 0 aliphatic heterocycles. The second kappa shape index (κ2) is 5.17. The highest BCUT2D eigenvalue weighted by Gasteiger charge is 2.22. The SMILES string of the molecule is COc1cc(OCC2CC2)cc(OC)c1OC. The van der Waals surface area contributed by atoms with Gasteiger partial charge in [-0.05, 0) is 18.8 Å². The molecule has 1 aliphatic rings. The summed E-state index contributed by atoms with van der Waals surface area (Å²) < 4.78 is 21.5. The lowest BCUT2D eigenvalue weighted by Crippen LogP contribution is -2.01. The molecule has 17 heavy (non-hydrogen) atoms. The smallest absolute Gasteiger partial charge is 0.203 e. The molecule has 4 nitrogen and oxygen atoms in total. The van der Waals surface area contributed by atoms with Crippen molar-refractivity contribution in [1.29, 1.82) is 0 Å². The first kappa shape index (κ1) is 11.9. The number of ether oxygens (including phenoxy) is 4. The molecule has 0 bridgehead atoms. The molecule has 94 valence electrons. The molecule has 0 amide bonds. The van der Waals surface area contributed by atoms with Gasteiger partial charge in [-0.3, -0.25) is 0 Å². The fourth-order valence-corrected chi connectivity index (χ4v) is 1.64. The van der Waals surface area contributed by atoms with Crippen LogP contribution < -0.4 is 18.9 Å². The molecule has 1 aromatic rings. The second-order valence-electron chi connectivity index (χ2n) is 4.12. The Morgan fingerprint density at radius 1 is 1.00 bits per heavy atom. The summed E-state index contributed by atoms with van der Waals surface area (Å²) in [7, 11) is 4.79. The van der Waals surface area contributed by atoms with Crippen LogP contribution in [0.3, 0.4) is 0 Å². The minimum absolute atomic E-state index is 0.591. The standard InChI is InChI=1S/C13H18O4/c1-14-11-6-10(17-8-9-4-5-9)7-12(15-2)13(11)16-3/h6-7,9H,4-5,8H2,1-3H3. The second-order valence-corrected chi connectivity index (χ2v) is 4.12. The number of hydrogen-bond acceptors (Lipinski definition) is 4. The molecule has 0 aromatic heterocycles. The summed E-state index contributed by atoms with van der Waals surface area (Å²) >= 11 is 0. The van der Waals surface area contributed by atoms with Gasteiger partial charge in [-0.2, -0.15) is 0 Å². The zero-order valence-electron chi connectivity index (χ0n) is 10.5. The van der Waals surface area contributed by atoms with Crippen molar-refractivity contribution in [2.45, 2.75) is 12.8 Å². The zero-order valence-corrected chi connectivity index (χ0v) is 10.5. The molecule has 0 radical (unpaired) electrons. The van der Waals surface area contributed by atoms with Gasteiger partial charge in [0.15, 0.2) is 11.5 Å². The number of rotatable bonds is 6. The van der Waals surface area contributed by atoms with Gasteiger partial charge in [0.2, 0.25) is 5.75 Å². The summed E-state index contributed by atoms with van der Waals surface area (Å²) in [6.07, 6.45) is 2.54. The van der Waals surface area contributed by atoms with Crippen LogP contribution in [0.1, 0.15) is 12.8 Å². The lowest BCUT2D eigenvalue weighted by atomic mass is 10.2. The summed E-state index contributed by atoms with van der Waals surface area (Å²) in [6.45, 7) is 0.763. The molecular formula is C13H18O4. The van der Waals surface area contributed by atoms with Crippen LogP contribution in [-0.4, -0.2) is 27.9 Å². The van der Waals surface area contributed by atoms with Gasteiger partial charge in [0.05, 0.1) is 27.9 Å². The Balaban J connectivity index is 2.19. The Morgan fingerprint density at radius 3 is 2.00 bits per heavy atom. The number of methoxy groups -OCH3 is 3. The van der Waals surface area contributed by atoms with Crippen LogP contribution in [-0.2, 0) is 0 Å². The van der Waals surface area contributed by atoms with E-state index in [0.29, 0.717) is 23.2 Å². The average molecular weight is 238 g/mol. The molecule has 1 aliphatic carbocycles. The molecule has 1 aromatic carbocycles. The fourth-order valence-electron chi connectivity index (χ4n) is 1.64. The molecule has 0 heterocycles. The van der Waals surface area contributed by atoms with Crippen molar-refractivity contribution < 1.29 is 18.9 Å². The first-order valence-corrected chi connectivity index (χ1v) is 5.71. The van der Waals surface area contributed by atoms with Gasteiger partial charge in [0.25, 0.3) is 0 Å². The molecule has 4 heteroatoms. The van der Waals surface area contributed by atoms with Crippen molar-refractivity contribution in [3.8, 4) is 23.0 Å². The first-order valence-electron chi connectivity index (χ1n) is 5.71. The van der Waals surface area contributed by atoms with Crippen molar-refractivity contribution in [2.75, 3.05) is 27.9 Å². The highest BCUT2D eigenvalue weighted by molar-refractivity contribution is 5.55. The van der Waals surface area contributed by atoms with Gasteiger partial charge in [0, 0.05) is 12.1 Å². The van der Waals surface area contributed by atoms with Gasteiger partial charge in [-0.25, -0.2) is 0 Å². The third-order valence-corrected chi connectivity index (χ3v) is 2.82. The molecule has 1 fully saturated rings. The third kappa shape index (κ3) is 2.75. The van der Waals surface area contributed by atoms with Gasteiger partial charge >= 0.3 is 0 Å². The van der Waals surface area contributed by atoms with Crippen molar-refractivity contribution in [1.82, 2.24) is 0 Å². The molecule has 2 rings (SSSR count). The first-order chi connectivity index (χ1) is 8.28. The van der Waals surface area contributed by atoms with Crippen LogP contribution in [0.5, 0.6) is 23.0 Å². The van der Waals surface area contributed by atoms with Gasteiger partial charge < -0.3 is 18.9 Å². The summed E-state index contributed by atoms with van der Waals surface area (Å²) in [5.41, 5.74) is 0. The monoisotopic (exact) mass is 238 g/mol. The predicted octanol–water partition coefficient (Wildman–Crippen LogP) is 2.50. The zero-order chi connectivity index (χ0) is 12.3. The maximum absolute atomic E-state index is 5.70. The Labute approximate surface area is 101 Å². The summed E-state index contributed by atoms with van der Waals surface area (Å²) in [5, 5.41) is 0. The molecule has 1 saturated carbocycles. The van der Waals surface area contributed by atoms with E-state index in [0.717, 1.165) is 12.4 Å². The van der Waals surface area contributed by atoms with E-state index in [4.69, 9.17) is 18.9 Å². The summed E-state index contributed by atoms with van der Waals surface area (Å²) in [6, 6.07) is 3.65. The molecular weight excluding hydrogens is 220 g/mol. The normalized spacial score (nSPS) is 14.3. The van der Waals surface area contributed by atoms with Crippen LogP contribution in [0.15, 0.2) is 12.1 Å². The van der Waals surface area contributed by atoms with Crippen LogP contribution in [0.25, 0.3) is 0 Å². The van der Waals surface area contributed by atoms with E-state index in [9.17, 15) is 0 Å². The Bertz CT molecular complexity index is 360. The van der Waals surface area contributed by atoms with E-state index < -0.39 is 0 Å². The molecule has 0 spiro atoms. The number of benzene rings is 1. The molecule has 0 atom stereocenters. The maximum Gasteiger partial charge on any atom is 0.203 e. The minimum atomic E-state index is 0.591. The largest absolute Gasteiger partial charge is 0.493 e. The van der Waals surface area contributed by atoms with Gasteiger partial charge in [-0.1, -0.05) is 0 Å². The molecule has 0 saturated heterocycles. The van der Waals surface area contributed by atoms with Gasteiger partial charge in [-0.15, -0.1) is 0 Å². The lowest BCUT2D eigenvalue weighted by Gasteiger charge is -2.14. The van der Waals surface area contributed by atoms with Gasteiger partial charge in [0.1, 0.15) is 5.75 Å². The Morgan fingerprint density at radius 2 is 1.59 bits per heavy atom. The Hall–Kier alpha value is -1.58. The van der Waals surface area contributed by atoms with Crippen LogP contribution in [0, 0.1) is 5.92 Å². The average Bonchev–Trinajstić information content (AvgIpc) is 3.18. The van der Waals surface area contributed by atoms with Crippen LogP contribution in [0.4, 0.5) is 0 Å². The molecule has 0 N–H and O–H groups in total. The van der Waals surface area contributed by atoms with E-state index in [1.807, 2.05) is 12.1 Å². The van der Waals surface area contributed by atoms with E-state index in [1.54, 1.807) is 21.3 Å². The highest BCUT2D eigenvalue weighted by atomic mass is 16.5. The summed E-state index contributed by atoms with van der Waals surface area (Å²) in [4.78, 5) is 0. The minimum Gasteiger partial charge on any atom is -0.493 e.